The Kier molecular flexibility index (Phi) is 7.80. The average Bonchev–Trinajstić information content (AvgIpc) is 2.52. The van der Waals surface area contributed by atoms with E-state index in [1.165, 1.54) is 0 Å². The number of hydrogen-bond donors (Lipinski definition) is 2. The summed E-state index contributed by atoms with van der Waals surface area (Å²) in [7, 11) is 0. The van der Waals surface area contributed by atoms with Crippen molar-refractivity contribution in [2.24, 2.45) is 5.92 Å². The molecule has 1 aromatic rings. The molecule has 23 heavy (non-hydrogen) atoms. The van der Waals surface area contributed by atoms with Crippen LogP contribution in [0, 0.1) is 5.92 Å². The minimum Gasteiger partial charge on any atom is -0.466 e. The number of para-hydroxylation sites is 1. The Hall–Kier alpha value is -2.37. The molecular weight excluding hydrogens is 296 g/mol. The van der Waals surface area contributed by atoms with Crippen LogP contribution < -0.4 is 10.6 Å². The highest BCUT2D eigenvalue weighted by Crippen LogP contribution is 2.09. The minimum atomic E-state index is -0.783. The van der Waals surface area contributed by atoms with Crippen LogP contribution in [0.15, 0.2) is 30.3 Å². The molecule has 2 amide bonds. The monoisotopic (exact) mass is 320 g/mol. The van der Waals surface area contributed by atoms with Crippen LogP contribution >= 0.6 is 0 Å². The smallest absolute Gasteiger partial charge is 0.305 e. The molecule has 1 atom stereocenters. The van der Waals surface area contributed by atoms with Crippen molar-refractivity contribution in [3.63, 3.8) is 0 Å². The Balaban J connectivity index is 2.70. The maximum Gasteiger partial charge on any atom is 0.305 e. The van der Waals surface area contributed by atoms with Gasteiger partial charge in [0.1, 0.15) is 6.04 Å². The van der Waals surface area contributed by atoms with Crippen LogP contribution in [0.5, 0.6) is 0 Å². The molecule has 2 N–H and O–H groups in total. The molecule has 6 nitrogen and oxygen atoms in total. The molecule has 0 bridgehead atoms. The highest BCUT2D eigenvalue weighted by Gasteiger charge is 2.23. The van der Waals surface area contributed by atoms with Crippen molar-refractivity contribution in [3.8, 4) is 0 Å². The fraction of sp³-hybridized carbons (Fsp3) is 0.471. The summed E-state index contributed by atoms with van der Waals surface area (Å²) in [6.45, 7) is 5.50. The lowest BCUT2D eigenvalue weighted by molar-refractivity contribution is -0.143. The molecule has 1 rings (SSSR count). The maximum absolute atomic E-state index is 12.4. The third-order valence-electron chi connectivity index (χ3n) is 3.14. The molecule has 0 unspecified atom stereocenters. The number of nitrogens with one attached hydrogen (secondary N) is 2. The first kappa shape index (κ1) is 18.7. The van der Waals surface area contributed by atoms with Crippen LogP contribution in [0.3, 0.4) is 0 Å². The van der Waals surface area contributed by atoms with E-state index in [1.54, 1.807) is 45.0 Å². The molecule has 0 radical (unpaired) electrons. The summed E-state index contributed by atoms with van der Waals surface area (Å²) in [5, 5.41) is 5.41. The summed E-state index contributed by atoms with van der Waals surface area (Å²) in [6.07, 6.45) is 0.259. The van der Waals surface area contributed by atoms with Crippen LogP contribution in [-0.4, -0.2) is 30.4 Å². The van der Waals surface area contributed by atoms with Crippen LogP contribution in [0.1, 0.15) is 33.6 Å². The average molecular weight is 320 g/mol. The topological polar surface area (TPSA) is 84.5 Å². The number of carbonyl (C=O) groups excluding carboxylic acids is 3. The zero-order chi connectivity index (χ0) is 17.2. The summed E-state index contributed by atoms with van der Waals surface area (Å²) >= 11 is 0. The Bertz CT molecular complexity index is 529. The summed E-state index contributed by atoms with van der Waals surface area (Å²) in [4.78, 5) is 35.7. The van der Waals surface area contributed by atoms with Gasteiger partial charge in [-0.25, -0.2) is 0 Å². The first-order valence-corrected chi connectivity index (χ1v) is 7.76. The van der Waals surface area contributed by atoms with Gasteiger partial charge >= 0.3 is 5.97 Å². The number of carbonyl (C=O) groups is 3. The second kappa shape index (κ2) is 9.61. The van der Waals surface area contributed by atoms with E-state index in [1.807, 2.05) is 6.07 Å². The van der Waals surface area contributed by atoms with Gasteiger partial charge in [0.25, 0.3) is 0 Å². The van der Waals surface area contributed by atoms with E-state index in [9.17, 15) is 14.4 Å². The van der Waals surface area contributed by atoms with Gasteiger partial charge in [0.05, 0.1) is 6.61 Å². The second-order valence-electron chi connectivity index (χ2n) is 5.41. The lowest BCUT2D eigenvalue weighted by Crippen LogP contribution is -2.45. The van der Waals surface area contributed by atoms with E-state index >= 15 is 0 Å². The molecule has 0 saturated heterocycles. The van der Waals surface area contributed by atoms with E-state index in [4.69, 9.17) is 4.74 Å². The second-order valence-corrected chi connectivity index (χ2v) is 5.41. The number of rotatable bonds is 8. The van der Waals surface area contributed by atoms with Crippen molar-refractivity contribution in [3.05, 3.63) is 30.3 Å². The van der Waals surface area contributed by atoms with Crippen molar-refractivity contribution in [1.29, 1.82) is 0 Å². The predicted octanol–water partition coefficient (Wildman–Crippen LogP) is 2.11. The Morgan fingerprint density at radius 3 is 2.30 bits per heavy atom. The van der Waals surface area contributed by atoms with Gasteiger partial charge < -0.3 is 15.4 Å². The standard InChI is InChI=1S/C17H24N2O4/c1-4-23-15(20)11-10-14(19-16(21)12(2)3)17(22)18-13-8-6-5-7-9-13/h5-9,12,14H,4,10-11H2,1-3H3,(H,18,22)(H,19,21)/t14-/m1/s1. The number of benzene rings is 1. The van der Waals surface area contributed by atoms with Crippen molar-refractivity contribution in [1.82, 2.24) is 5.32 Å². The molecule has 6 heteroatoms. The van der Waals surface area contributed by atoms with Crippen LogP contribution in [0.2, 0.25) is 0 Å². The molecule has 0 aliphatic rings. The minimum absolute atomic E-state index is 0.0685. The van der Waals surface area contributed by atoms with Crippen LogP contribution in [-0.2, 0) is 19.1 Å². The fourth-order valence-electron chi connectivity index (χ4n) is 1.85. The largest absolute Gasteiger partial charge is 0.466 e. The lowest BCUT2D eigenvalue weighted by atomic mass is 10.1. The van der Waals surface area contributed by atoms with Gasteiger partial charge in [0.15, 0.2) is 0 Å². The van der Waals surface area contributed by atoms with Gasteiger partial charge in [-0.2, -0.15) is 0 Å². The number of ether oxygens (including phenoxy) is 1. The normalized spacial score (nSPS) is 11.7. The quantitative estimate of drug-likeness (QED) is 0.719. The molecule has 0 aliphatic carbocycles. The molecular formula is C17H24N2O4. The van der Waals surface area contributed by atoms with Crippen molar-refractivity contribution < 1.29 is 19.1 Å². The number of amides is 2. The van der Waals surface area contributed by atoms with Crippen LogP contribution in [0.4, 0.5) is 5.69 Å². The van der Waals surface area contributed by atoms with Crippen molar-refractivity contribution >= 4 is 23.5 Å². The first-order valence-electron chi connectivity index (χ1n) is 7.76. The van der Waals surface area contributed by atoms with E-state index in [0.29, 0.717) is 5.69 Å². The maximum atomic E-state index is 12.4. The third-order valence-corrected chi connectivity index (χ3v) is 3.14. The molecule has 0 aromatic heterocycles. The molecule has 0 spiro atoms. The summed E-state index contributed by atoms with van der Waals surface area (Å²) in [5.41, 5.74) is 0.637. The molecule has 0 heterocycles. The molecule has 0 saturated carbocycles. The summed E-state index contributed by atoms with van der Waals surface area (Å²) in [6, 6.07) is 8.17. The van der Waals surface area contributed by atoms with E-state index in [0.717, 1.165) is 0 Å². The van der Waals surface area contributed by atoms with Gasteiger partial charge in [0.2, 0.25) is 11.8 Å². The van der Waals surface area contributed by atoms with Gasteiger partial charge in [-0.3, -0.25) is 14.4 Å². The zero-order valence-corrected chi connectivity index (χ0v) is 13.8. The van der Waals surface area contributed by atoms with Gasteiger partial charge in [-0.1, -0.05) is 32.0 Å². The SMILES string of the molecule is CCOC(=O)CC[C@@H](NC(=O)C(C)C)C(=O)Nc1ccccc1. The number of anilines is 1. The molecule has 1 aromatic carbocycles. The van der Waals surface area contributed by atoms with E-state index in [-0.39, 0.29) is 43.2 Å². The summed E-state index contributed by atoms with van der Waals surface area (Å²) < 4.78 is 4.86. The Morgan fingerprint density at radius 1 is 1.09 bits per heavy atom. The van der Waals surface area contributed by atoms with Crippen molar-refractivity contribution in [2.75, 3.05) is 11.9 Å². The Labute approximate surface area is 136 Å². The summed E-state index contributed by atoms with van der Waals surface area (Å²) in [5.74, 6) is -1.22. The first-order chi connectivity index (χ1) is 10.9. The molecule has 0 fully saturated rings. The molecule has 0 aliphatic heterocycles. The van der Waals surface area contributed by atoms with Gasteiger partial charge in [0, 0.05) is 18.0 Å². The highest BCUT2D eigenvalue weighted by atomic mass is 16.5. The third kappa shape index (κ3) is 6.95. The predicted molar refractivity (Wildman–Crippen MR) is 87.7 cm³/mol. The van der Waals surface area contributed by atoms with E-state index < -0.39 is 6.04 Å². The fourth-order valence-corrected chi connectivity index (χ4v) is 1.85. The van der Waals surface area contributed by atoms with Gasteiger partial charge in [-0.15, -0.1) is 0 Å². The lowest BCUT2D eigenvalue weighted by Gasteiger charge is -2.19. The number of hydrogen-bond acceptors (Lipinski definition) is 4. The van der Waals surface area contributed by atoms with E-state index in [2.05, 4.69) is 10.6 Å². The Morgan fingerprint density at radius 2 is 1.74 bits per heavy atom. The highest BCUT2D eigenvalue weighted by molar-refractivity contribution is 5.97. The zero-order valence-electron chi connectivity index (χ0n) is 13.8. The molecule has 126 valence electrons. The van der Waals surface area contributed by atoms with Gasteiger partial charge in [-0.05, 0) is 25.5 Å². The van der Waals surface area contributed by atoms with Crippen molar-refractivity contribution in [2.45, 2.75) is 39.7 Å². The number of esters is 1. The van der Waals surface area contributed by atoms with Crippen LogP contribution in [0.25, 0.3) is 0 Å².